The molecule has 1 amide bonds. The van der Waals surface area contributed by atoms with E-state index in [9.17, 15) is 13.6 Å². The summed E-state index contributed by atoms with van der Waals surface area (Å²) in [6, 6.07) is 11.6. The van der Waals surface area contributed by atoms with E-state index in [2.05, 4.69) is 21.6 Å². The number of fused-ring (bicyclic) bond motifs is 1. The van der Waals surface area contributed by atoms with E-state index in [0.29, 0.717) is 13.1 Å². The highest BCUT2D eigenvalue weighted by Gasteiger charge is 2.23. The minimum absolute atomic E-state index is 0.226. The number of halogens is 2. The molecule has 4 rings (SSSR count). The van der Waals surface area contributed by atoms with Crippen LogP contribution in [-0.2, 0) is 13.1 Å². The Hall–Kier alpha value is -3.06. The number of likely N-dealkylation sites (tertiary alicyclic amines) is 1. The molecule has 0 spiro atoms. The normalized spacial score (nSPS) is 14.7. The van der Waals surface area contributed by atoms with E-state index in [-0.39, 0.29) is 12.1 Å². The molecule has 0 unspecified atom stereocenters. The van der Waals surface area contributed by atoms with E-state index in [0.717, 1.165) is 55.4 Å². The first-order valence-corrected chi connectivity index (χ1v) is 12.6. The predicted octanol–water partition coefficient (Wildman–Crippen LogP) is 5.80. The predicted molar refractivity (Wildman–Crippen MR) is 135 cm³/mol. The average Bonchev–Trinajstić information content (AvgIpc) is 3.23. The van der Waals surface area contributed by atoms with Gasteiger partial charge < -0.3 is 9.47 Å². The number of para-hydroxylation sites is 2. The molecule has 0 N–H and O–H groups in total. The summed E-state index contributed by atoms with van der Waals surface area (Å²) in [6.45, 7) is 6.57. The van der Waals surface area contributed by atoms with Gasteiger partial charge in [0.1, 0.15) is 5.82 Å². The third-order valence-corrected chi connectivity index (χ3v) is 6.58. The number of allylic oxidation sites excluding steroid dienone is 1. The fourth-order valence-corrected chi connectivity index (χ4v) is 4.61. The van der Waals surface area contributed by atoms with Crippen molar-refractivity contribution in [3.05, 3.63) is 77.6 Å². The number of hydrogen-bond acceptors (Lipinski definition) is 3. The summed E-state index contributed by atoms with van der Waals surface area (Å²) < 4.78 is 30.3. The lowest BCUT2D eigenvalue weighted by molar-refractivity contribution is 0.0729. The molecule has 7 heteroatoms. The first kappa shape index (κ1) is 25.0. The van der Waals surface area contributed by atoms with Crippen LogP contribution < -0.4 is 0 Å². The van der Waals surface area contributed by atoms with Crippen LogP contribution in [0, 0.1) is 11.6 Å². The topological polar surface area (TPSA) is 41.4 Å². The highest BCUT2D eigenvalue weighted by Crippen LogP contribution is 2.20. The van der Waals surface area contributed by atoms with Crippen LogP contribution >= 0.6 is 0 Å². The van der Waals surface area contributed by atoms with Crippen LogP contribution in [0.4, 0.5) is 8.78 Å². The fraction of sp³-hybridized carbons (Fsp3) is 0.429. The van der Waals surface area contributed by atoms with Crippen LogP contribution in [0.5, 0.6) is 0 Å². The van der Waals surface area contributed by atoms with Gasteiger partial charge in [-0.15, -0.1) is 0 Å². The Morgan fingerprint density at radius 1 is 1.03 bits per heavy atom. The van der Waals surface area contributed by atoms with Gasteiger partial charge in [-0.05, 0) is 56.6 Å². The number of piperidine rings is 1. The molecule has 1 aliphatic heterocycles. The second-order valence-corrected chi connectivity index (χ2v) is 9.14. The number of rotatable bonds is 10. The van der Waals surface area contributed by atoms with E-state index in [1.165, 1.54) is 31.4 Å². The van der Waals surface area contributed by atoms with Crippen molar-refractivity contribution in [1.82, 2.24) is 19.4 Å². The maximum absolute atomic E-state index is 14.4. The molecule has 0 bridgehead atoms. The number of aromatic nitrogens is 2. The lowest BCUT2D eigenvalue weighted by atomic mass is 10.1. The van der Waals surface area contributed by atoms with Gasteiger partial charge in [0.15, 0.2) is 11.6 Å². The van der Waals surface area contributed by atoms with Crippen molar-refractivity contribution in [3.8, 4) is 0 Å². The van der Waals surface area contributed by atoms with Crippen molar-refractivity contribution in [1.29, 1.82) is 0 Å². The molecule has 0 aliphatic carbocycles. The van der Waals surface area contributed by atoms with Crippen LogP contribution in [0.2, 0.25) is 0 Å². The Morgan fingerprint density at radius 3 is 2.60 bits per heavy atom. The Labute approximate surface area is 206 Å². The van der Waals surface area contributed by atoms with Crippen LogP contribution in [0.25, 0.3) is 11.0 Å². The van der Waals surface area contributed by atoms with Crippen molar-refractivity contribution in [2.75, 3.05) is 26.2 Å². The van der Waals surface area contributed by atoms with Gasteiger partial charge >= 0.3 is 0 Å². The maximum atomic E-state index is 14.4. The van der Waals surface area contributed by atoms with Crippen LogP contribution in [-0.4, -0.2) is 51.4 Å². The minimum atomic E-state index is -1.10. The third-order valence-electron chi connectivity index (χ3n) is 6.58. The molecule has 1 aliphatic rings. The second-order valence-electron chi connectivity index (χ2n) is 9.14. The van der Waals surface area contributed by atoms with E-state index in [1.54, 1.807) is 4.90 Å². The van der Waals surface area contributed by atoms with Crippen molar-refractivity contribution in [2.24, 2.45) is 0 Å². The van der Waals surface area contributed by atoms with Gasteiger partial charge in [0.05, 0.1) is 23.1 Å². The van der Waals surface area contributed by atoms with Gasteiger partial charge in [-0.25, -0.2) is 13.8 Å². The number of hydrogen-bond donors (Lipinski definition) is 0. The number of amides is 1. The molecule has 0 radical (unpaired) electrons. The number of unbranched alkanes of at least 4 members (excludes halogenated alkanes) is 1. The first-order valence-electron chi connectivity index (χ1n) is 12.6. The van der Waals surface area contributed by atoms with Gasteiger partial charge in [0.2, 0.25) is 0 Å². The Morgan fingerprint density at radius 2 is 1.80 bits per heavy atom. The third kappa shape index (κ3) is 6.14. The van der Waals surface area contributed by atoms with E-state index in [4.69, 9.17) is 4.98 Å². The summed E-state index contributed by atoms with van der Waals surface area (Å²) in [4.78, 5) is 22.1. The smallest absolute Gasteiger partial charge is 0.257 e. The summed E-state index contributed by atoms with van der Waals surface area (Å²) in [5.74, 6) is -1.91. The van der Waals surface area contributed by atoms with Crippen molar-refractivity contribution in [3.63, 3.8) is 0 Å². The maximum Gasteiger partial charge on any atom is 0.257 e. The quantitative estimate of drug-likeness (QED) is 0.345. The molecule has 35 heavy (non-hydrogen) atoms. The van der Waals surface area contributed by atoms with E-state index in [1.807, 2.05) is 31.2 Å². The molecule has 3 aromatic rings. The second kappa shape index (κ2) is 12.1. The first-order chi connectivity index (χ1) is 17.1. The zero-order chi connectivity index (χ0) is 24.6. The van der Waals surface area contributed by atoms with Crippen molar-refractivity contribution >= 4 is 16.9 Å². The molecule has 2 heterocycles. The minimum Gasteiger partial charge on any atom is -0.331 e. The number of imidazole rings is 1. The molecular formula is C28H34F2N4O. The van der Waals surface area contributed by atoms with Gasteiger partial charge in [-0.1, -0.05) is 50.1 Å². The molecule has 1 aromatic heterocycles. The fourth-order valence-electron chi connectivity index (χ4n) is 4.61. The lowest BCUT2D eigenvalue weighted by Crippen LogP contribution is -2.33. The lowest BCUT2D eigenvalue weighted by Gasteiger charge is -2.25. The summed E-state index contributed by atoms with van der Waals surface area (Å²) in [5, 5.41) is 0. The molecule has 5 nitrogen and oxygen atoms in total. The molecule has 186 valence electrons. The average molecular weight is 481 g/mol. The zero-order valence-corrected chi connectivity index (χ0v) is 20.4. The number of benzene rings is 2. The summed E-state index contributed by atoms with van der Waals surface area (Å²) in [5.41, 5.74) is 1.60. The zero-order valence-electron chi connectivity index (χ0n) is 20.4. The molecule has 0 atom stereocenters. The Bertz CT molecular complexity index is 1170. The van der Waals surface area contributed by atoms with Crippen LogP contribution in [0.15, 0.2) is 54.6 Å². The van der Waals surface area contributed by atoms with E-state index < -0.39 is 17.5 Å². The number of nitrogens with zero attached hydrogens (tertiary/aromatic N) is 4. The van der Waals surface area contributed by atoms with Gasteiger partial charge in [0, 0.05) is 19.6 Å². The van der Waals surface area contributed by atoms with Gasteiger partial charge in [-0.2, -0.15) is 0 Å². The molecule has 0 saturated carbocycles. The largest absolute Gasteiger partial charge is 0.331 e. The van der Waals surface area contributed by atoms with Crippen molar-refractivity contribution < 1.29 is 13.6 Å². The van der Waals surface area contributed by atoms with Gasteiger partial charge in [0.25, 0.3) is 5.91 Å². The molecule has 2 aromatic carbocycles. The summed E-state index contributed by atoms with van der Waals surface area (Å²) >= 11 is 0. The molecular weight excluding hydrogens is 446 g/mol. The Balaban J connectivity index is 1.57. The van der Waals surface area contributed by atoms with Crippen LogP contribution in [0.3, 0.4) is 0 Å². The molecule has 1 saturated heterocycles. The highest BCUT2D eigenvalue weighted by molar-refractivity contribution is 5.94. The highest BCUT2D eigenvalue weighted by atomic mass is 19.2. The van der Waals surface area contributed by atoms with E-state index >= 15 is 0 Å². The number of carbonyl (C=O) groups is 1. The van der Waals surface area contributed by atoms with Crippen LogP contribution in [0.1, 0.15) is 55.2 Å². The summed E-state index contributed by atoms with van der Waals surface area (Å²) in [7, 11) is 0. The monoisotopic (exact) mass is 480 g/mol. The van der Waals surface area contributed by atoms with Gasteiger partial charge in [-0.3, -0.25) is 9.69 Å². The van der Waals surface area contributed by atoms with Crippen molar-refractivity contribution in [2.45, 2.75) is 52.1 Å². The number of carbonyl (C=O) groups excluding carboxylic acids is 1. The Kier molecular flexibility index (Phi) is 8.64. The SMILES string of the molecule is CCCCN(Cc1nc2ccccc2n1CC=CCN1CCCCC1)C(=O)c1cccc(F)c1F. The standard InChI is InChI=1S/C28H34F2N4O/c1-2-3-19-33(28(35)22-12-11-13-23(29)27(22)30)21-26-31-24-14-5-6-15-25(24)34(26)20-10-9-18-32-16-7-4-8-17-32/h5-6,9-15H,2-4,7-8,16-21H2,1H3. The summed E-state index contributed by atoms with van der Waals surface area (Å²) in [6.07, 6.45) is 9.83. The molecule has 1 fully saturated rings.